The van der Waals surface area contributed by atoms with Gasteiger partial charge in [0.05, 0.1) is 36.5 Å². The van der Waals surface area contributed by atoms with E-state index in [2.05, 4.69) is 32.1 Å². The summed E-state index contributed by atoms with van der Waals surface area (Å²) in [5, 5.41) is 12.1. The average molecular weight is 494 g/mol. The van der Waals surface area contributed by atoms with Crippen molar-refractivity contribution >= 4 is 21.8 Å². The van der Waals surface area contributed by atoms with E-state index in [0.717, 1.165) is 41.3 Å². The van der Waals surface area contributed by atoms with E-state index in [0.29, 0.717) is 40.8 Å². The minimum atomic E-state index is -0.532. The summed E-state index contributed by atoms with van der Waals surface area (Å²) in [4.78, 5) is 31.5. The number of hydrogen-bond donors (Lipinski definition) is 1. The Morgan fingerprint density at radius 3 is 2.54 bits per heavy atom. The maximum Gasteiger partial charge on any atom is 0.261 e. The van der Waals surface area contributed by atoms with Crippen molar-refractivity contribution in [2.45, 2.75) is 44.2 Å². The van der Waals surface area contributed by atoms with Crippen LogP contribution in [0.25, 0.3) is 33.1 Å². The predicted octanol–water partition coefficient (Wildman–Crippen LogP) is 4.48. The minimum Gasteiger partial charge on any atom is -0.479 e. The molecule has 6 rings (SSSR count). The van der Waals surface area contributed by atoms with Crippen LogP contribution in [0.2, 0.25) is 0 Å². The Morgan fingerprint density at radius 1 is 0.946 bits per heavy atom. The highest BCUT2D eigenvalue weighted by molar-refractivity contribution is 6.04. The molecule has 5 aromatic rings. The average Bonchev–Trinajstić information content (AvgIpc) is 2.94. The number of ether oxygens (including phenoxy) is 1. The van der Waals surface area contributed by atoms with Crippen molar-refractivity contribution in [1.82, 2.24) is 24.5 Å². The van der Waals surface area contributed by atoms with Gasteiger partial charge in [-0.25, -0.2) is 15.0 Å². The molecule has 0 amide bonds. The van der Waals surface area contributed by atoms with Gasteiger partial charge >= 0.3 is 0 Å². The fraction of sp³-hybridized carbons (Fsp3) is 0.276. The zero-order valence-electron chi connectivity index (χ0n) is 20.5. The van der Waals surface area contributed by atoms with Crippen molar-refractivity contribution in [3.63, 3.8) is 0 Å². The normalized spacial score (nSPS) is 17.8. The molecule has 1 fully saturated rings. The zero-order valence-corrected chi connectivity index (χ0v) is 20.5. The molecule has 0 unspecified atom stereocenters. The Balaban J connectivity index is 1.42. The number of aromatic nitrogens is 5. The predicted molar refractivity (Wildman–Crippen MR) is 142 cm³/mol. The Morgan fingerprint density at radius 2 is 1.73 bits per heavy atom. The third-order valence-corrected chi connectivity index (χ3v) is 7.26. The topological polar surface area (TPSA) is 103 Å². The summed E-state index contributed by atoms with van der Waals surface area (Å²) in [6.07, 6.45) is 10.1. The standard InChI is InChI=1S/C29H27N5O3/c1-37-28-25(31-13-14-32-28)19-10-8-18(9-11-19)15-20-16-22-27(26-21(20)5-4-12-30-26)33-17-34(29(22)36)23-6-2-3-7-24(23)35/h4-5,8-14,16-17,23-24,35H,2-3,6-7,15H2,1H3/t23-,24-/m0/s1. The van der Waals surface area contributed by atoms with E-state index in [9.17, 15) is 9.90 Å². The van der Waals surface area contributed by atoms with E-state index in [1.54, 1.807) is 36.6 Å². The van der Waals surface area contributed by atoms with E-state index in [1.807, 2.05) is 30.3 Å². The first kappa shape index (κ1) is 23.2. The highest BCUT2D eigenvalue weighted by Crippen LogP contribution is 2.31. The monoisotopic (exact) mass is 493 g/mol. The van der Waals surface area contributed by atoms with Gasteiger partial charge in [-0.3, -0.25) is 14.3 Å². The van der Waals surface area contributed by atoms with Gasteiger partial charge < -0.3 is 9.84 Å². The lowest BCUT2D eigenvalue weighted by molar-refractivity contribution is 0.0735. The number of rotatable bonds is 5. The van der Waals surface area contributed by atoms with Crippen LogP contribution in [0, 0.1) is 0 Å². The van der Waals surface area contributed by atoms with Crippen molar-refractivity contribution in [3.05, 3.63) is 88.9 Å². The second-order valence-corrected chi connectivity index (χ2v) is 9.50. The molecule has 3 aromatic heterocycles. The van der Waals surface area contributed by atoms with Crippen LogP contribution in [0.15, 0.2) is 72.2 Å². The van der Waals surface area contributed by atoms with Crippen LogP contribution in [0.3, 0.4) is 0 Å². The summed E-state index contributed by atoms with van der Waals surface area (Å²) < 4.78 is 6.97. The lowest BCUT2D eigenvalue weighted by Gasteiger charge is -2.29. The summed E-state index contributed by atoms with van der Waals surface area (Å²) in [6.45, 7) is 0. The first-order valence-corrected chi connectivity index (χ1v) is 12.5. The fourth-order valence-electron chi connectivity index (χ4n) is 5.38. The molecule has 0 spiro atoms. The lowest BCUT2D eigenvalue weighted by Crippen LogP contribution is -2.34. The van der Waals surface area contributed by atoms with Crippen LogP contribution >= 0.6 is 0 Å². The van der Waals surface area contributed by atoms with E-state index in [1.165, 1.54) is 0 Å². The number of benzene rings is 2. The van der Waals surface area contributed by atoms with Crippen LogP contribution in [0.4, 0.5) is 0 Å². The highest BCUT2D eigenvalue weighted by Gasteiger charge is 2.26. The molecule has 0 radical (unpaired) electrons. The van der Waals surface area contributed by atoms with Crippen LogP contribution in [0.1, 0.15) is 42.9 Å². The van der Waals surface area contributed by atoms with E-state index in [4.69, 9.17) is 4.74 Å². The molecule has 8 heteroatoms. The Bertz CT molecular complexity index is 1650. The van der Waals surface area contributed by atoms with Gasteiger partial charge in [0, 0.05) is 29.5 Å². The second kappa shape index (κ2) is 9.71. The molecular weight excluding hydrogens is 466 g/mol. The molecular formula is C29H27N5O3. The van der Waals surface area contributed by atoms with Gasteiger partial charge in [-0.1, -0.05) is 43.2 Å². The van der Waals surface area contributed by atoms with Crippen LogP contribution in [0.5, 0.6) is 5.88 Å². The Hall–Kier alpha value is -4.17. The molecule has 0 bridgehead atoms. The number of aliphatic hydroxyl groups is 1. The number of methoxy groups -OCH3 is 1. The third-order valence-electron chi connectivity index (χ3n) is 7.26. The molecule has 8 nitrogen and oxygen atoms in total. The molecule has 1 saturated carbocycles. The van der Waals surface area contributed by atoms with Gasteiger partial charge in [0.15, 0.2) is 0 Å². The fourth-order valence-corrected chi connectivity index (χ4v) is 5.38. The maximum absolute atomic E-state index is 13.6. The summed E-state index contributed by atoms with van der Waals surface area (Å²) >= 11 is 0. The molecule has 1 aliphatic rings. The number of nitrogens with zero attached hydrogens (tertiary/aromatic N) is 5. The van der Waals surface area contributed by atoms with Gasteiger partial charge in [0.2, 0.25) is 5.88 Å². The quantitative estimate of drug-likeness (QED) is 0.360. The molecule has 0 saturated heterocycles. The Labute approximate surface area is 213 Å². The molecule has 37 heavy (non-hydrogen) atoms. The molecule has 186 valence electrons. The highest BCUT2D eigenvalue weighted by atomic mass is 16.5. The minimum absolute atomic E-state index is 0.130. The lowest BCUT2D eigenvalue weighted by atomic mass is 9.92. The largest absolute Gasteiger partial charge is 0.479 e. The SMILES string of the molecule is COc1nccnc1-c1ccc(Cc2cc3c(=O)n([C@H]4CCCC[C@@H]4O)cnc3c3ncccc23)cc1. The van der Waals surface area contributed by atoms with Crippen molar-refractivity contribution in [2.75, 3.05) is 7.11 Å². The Kier molecular flexibility index (Phi) is 6.10. The van der Waals surface area contributed by atoms with Crippen LogP contribution in [-0.2, 0) is 6.42 Å². The number of hydrogen-bond acceptors (Lipinski definition) is 7. The summed E-state index contributed by atoms with van der Waals surface area (Å²) in [5.41, 5.74) is 4.87. The molecule has 1 N–H and O–H groups in total. The summed E-state index contributed by atoms with van der Waals surface area (Å²) in [6, 6.07) is 13.7. The van der Waals surface area contributed by atoms with Gasteiger partial charge in [-0.2, -0.15) is 0 Å². The number of fused-ring (bicyclic) bond motifs is 3. The first-order valence-electron chi connectivity index (χ1n) is 12.5. The van der Waals surface area contributed by atoms with Gasteiger partial charge in [-0.05, 0) is 42.5 Å². The van der Waals surface area contributed by atoms with Gasteiger partial charge in [-0.15, -0.1) is 0 Å². The van der Waals surface area contributed by atoms with Crippen LogP contribution in [-0.4, -0.2) is 42.8 Å². The van der Waals surface area contributed by atoms with Gasteiger partial charge in [0.1, 0.15) is 11.2 Å². The summed E-state index contributed by atoms with van der Waals surface area (Å²) in [7, 11) is 1.58. The van der Waals surface area contributed by atoms with Crippen molar-refractivity contribution < 1.29 is 9.84 Å². The van der Waals surface area contributed by atoms with E-state index < -0.39 is 6.10 Å². The van der Waals surface area contributed by atoms with Gasteiger partial charge in [0.25, 0.3) is 5.56 Å². The molecule has 2 atom stereocenters. The van der Waals surface area contributed by atoms with Crippen LogP contribution < -0.4 is 10.3 Å². The third kappa shape index (κ3) is 4.23. The molecule has 1 aliphatic carbocycles. The molecule has 3 heterocycles. The van der Waals surface area contributed by atoms with Crippen molar-refractivity contribution in [2.24, 2.45) is 0 Å². The van der Waals surface area contributed by atoms with E-state index >= 15 is 0 Å². The maximum atomic E-state index is 13.6. The second-order valence-electron chi connectivity index (χ2n) is 9.50. The molecule has 2 aromatic carbocycles. The van der Waals surface area contributed by atoms with Crippen molar-refractivity contribution in [1.29, 1.82) is 0 Å². The zero-order chi connectivity index (χ0) is 25.4. The smallest absolute Gasteiger partial charge is 0.261 e. The number of aliphatic hydroxyl groups excluding tert-OH is 1. The first-order chi connectivity index (χ1) is 18.1. The molecule has 0 aliphatic heterocycles. The number of pyridine rings is 1. The van der Waals surface area contributed by atoms with E-state index in [-0.39, 0.29) is 11.6 Å². The van der Waals surface area contributed by atoms with Crippen molar-refractivity contribution in [3.8, 4) is 17.1 Å². The summed E-state index contributed by atoms with van der Waals surface area (Å²) in [5.74, 6) is 0.480.